The highest BCUT2D eigenvalue weighted by Crippen LogP contribution is 2.34. The molecule has 1 N–H and O–H groups in total. The molecule has 26 heavy (non-hydrogen) atoms. The predicted molar refractivity (Wildman–Crippen MR) is 100 cm³/mol. The van der Waals surface area contributed by atoms with Crippen molar-refractivity contribution in [3.05, 3.63) is 57.9 Å². The molecule has 2 rings (SSSR count). The molecule has 0 amide bonds. The number of carbonyl (C=O) groups is 2. The van der Waals surface area contributed by atoms with E-state index in [2.05, 4.69) is 5.32 Å². The second-order valence-corrected chi connectivity index (χ2v) is 6.33. The Labute approximate surface area is 155 Å². The summed E-state index contributed by atoms with van der Waals surface area (Å²) in [4.78, 5) is 25.3. The average molecular weight is 357 g/mol. The van der Waals surface area contributed by atoms with E-state index in [4.69, 9.17) is 9.47 Å². The van der Waals surface area contributed by atoms with Gasteiger partial charge in [0, 0.05) is 17.3 Å². The van der Waals surface area contributed by atoms with Crippen LogP contribution in [0.25, 0.3) is 0 Å². The largest absolute Gasteiger partial charge is 0.463 e. The molecule has 0 unspecified atom stereocenters. The van der Waals surface area contributed by atoms with Crippen molar-refractivity contribution < 1.29 is 19.1 Å². The molecular formula is C21H27NO4. The molecule has 0 bridgehead atoms. The SMILES string of the molecule is CCOC(=O)C1=C(C)NC(C)=C(C(=O)OCC)C1Cc1ccccc1C. The molecule has 5 heteroatoms. The lowest BCUT2D eigenvalue weighted by Gasteiger charge is -2.30. The normalized spacial score (nSPS) is 15.0. The molecule has 140 valence electrons. The third-order valence-corrected chi connectivity index (χ3v) is 4.56. The van der Waals surface area contributed by atoms with Gasteiger partial charge in [-0.15, -0.1) is 0 Å². The van der Waals surface area contributed by atoms with E-state index in [1.807, 2.05) is 45.0 Å². The fourth-order valence-corrected chi connectivity index (χ4v) is 3.35. The van der Waals surface area contributed by atoms with Crippen LogP contribution in [0, 0.1) is 12.8 Å². The van der Waals surface area contributed by atoms with Crippen molar-refractivity contribution in [1.82, 2.24) is 5.32 Å². The van der Waals surface area contributed by atoms with E-state index in [0.29, 0.717) is 29.0 Å². The third-order valence-electron chi connectivity index (χ3n) is 4.56. The van der Waals surface area contributed by atoms with Crippen LogP contribution in [0.1, 0.15) is 38.8 Å². The number of nitrogens with one attached hydrogen (secondary N) is 1. The number of hydrogen-bond donors (Lipinski definition) is 1. The number of allylic oxidation sites excluding steroid dienone is 2. The maximum absolute atomic E-state index is 12.6. The topological polar surface area (TPSA) is 64.6 Å². The number of rotatable bonds is 6. The van der Waals surface area contributed by atoms with E-state index >= 15 is 0 Å². The van der Waals surface area contributed by atoms with Crippen LogP contribution in [-0.2, 0) is 25.5 Å². The first-order valence-electron chi connectivity index (χ1n) is 8.97. The first kappa shape index (κ1) is 19.8. The van der Waals surface area contributed by atoms with E-state index in [9.17, 15) is 9.59 Å². The summed E-state index contributed by atoms with van der Waals surface area (Å²) in [6, 6.07) is 7.98. The van der Waals surface area contributed by atoms with Crippen LogP contribution < -0.4 is 5.32 Å². The number of benzene rings is 1. The van der Waals surface area contributed by atoms with Gasteiger partial charge in [0.05, 0.1) is 24.4 Å². The summed E-state index contributed by atoms with van der Waals surface area (Å²) in [5.74, 6) is -1.20. The quantitative estimate of drug-likeness (QED) is 0.790. The van der Waals surface area contributed by atoms with Crippen LogP contribution in [0.3, 0.4) is 0 Å². The third kappa shape index (κ3) is 4.15. The molecule has 0 spiro atoms. The maximum Gasteiger partial charge on any atom is 0.336 e. The summed E-state index contributed by atoms with van der Waals surface area (Å²) < 4.78 is 10.5. The zero-order valence-corrected chi connectivity index (χ0v) is 16.1. The van der Waals surface area contributed by atoms with Crippen LogP contribution in [-0.4, -0.2) is 25.2 Å². The van der Waals surface area contributed by atoms with Gasteiger partial charge in [-0.1, -0.05) is 24.3 Å². The van der Waals surface area contributed by atoms with Crippen LogP contribution in [0.4, 0.5) is 0 Å². The van der Waals surface area contributed by atoms with Crippen molar-refractivity contribution in [2.24, 2.45) is 5.92 Å². The van der Waals surface area contributed by atoms with Crippen LogP contribution >= 0.6 is 0 Å². The van der Waals surface area contributed by atoms with Crippen LogP contribution in [0.2, 0.25) is 0 Å². The number of ether oxygens (including phenoxy) is 2. The lowest BCUT2D eigenvalue weighted by atomic mass is 9.80. The molecule has 1 aromatic carbocycles. The van der Waals surface area contributed by atoms with Crippen molar-refractivity contribution in [2.75, 3.05) is 13.2 Å². The minimum Gasteiger partial charge on any atom is -0.463 e. The zero-order valence-electron chi connectivity index (χ0n) is 16.1. The Bertz CT molecular complexity index is 721. The lowest BCUT2D eigenvalue weighted by Crippen LogP contribution is -2.34. The Morgan fingerprint density at radius 1 is 0.923 bits per heavy atom. The highest BCUT2D eigenvalue weighted by molar-refractivity contribution is 5.97. The van der Waals surface area contributed by atoms with E-state index in [0.717, 1.165) is 11.1 Å². The van der Waals surface area contributed by atoms with Crippen LogP contribution in [0.15, 0.2) is 46.8 Å². The molecule has 1 heterocycles. The standard InChI is InChI=1S/C21H27NO4/c1-6-25-20(23)18-14(4)22-15(5)19(21(24)26-7-2)17(18)12-16-11-9-8-10-13(16)3/h8-11,17,22H,6-7,12H2,1-5H3. The lowest BCUT2D eigenvalue weighted by molar-refractivity contribution is -0.140. The first-order valence-corrected chi connectivity index (χ1v) is 8.97. The van der Waals surface area contributed by atoms with Crippen molar-refractivity contribution in [3.8, 4) is 0 Å². The molecular weight excluding hydrogens is 330 g/mol. The molecule has 0 saturated heterocycles. The molecule has 1 aromatic rings. The van der Waals surface area contributed by atoms with E-state index in [1.165, 1.54) is 0 Å². The Hall–Kier alpha value is -2.56. The van der Waals surface area contributed by atoms with Crippen molar-refractivity contribution in [2.45, 2.75) is 41.0 Å². The van der Waals surface area contributed by atoms with Gasteiger partial charge < -0.3 is 14.8 Å². The van der Waals surface area contributed by atoms with Gasteiger partial charge in [-0.25, -0.2) is 9.59 Å². The fourth-order valence-electron chi connectivity index (χ4n) is 3.35. The Kier molecular flexibility index (Phi) is 6.61. The Morgan fingerprint density at radius 2 is 1.42 bits per heavy atom. The van der Waals surface area contributed by atoms with Gasteiger partial charge in [0.25, 0.3) is 0 Å². The Balaban J connectivity index is 2.52. The van der Waals surface area contributed by atoms with E-state index in [1.54, 1.807) is 13.8 Å². The number of hydrogen-bond acceptors (Lipinski definition) is 5. The molecule has 0 fully saturated rings. The fraction of sp³-hybridized carbons (Fsp3) is 0.429. The van der Waals surface area contributed by atoms with Gasteiger partial charge in [0.2, 0.25) is 0 Å². The number of aryl methyl sites for hydroxylation is 1. The van der Waals surface area contributed by atoms with E-state index in [-0.39, 0.29) is 13.2 Å². The summed E-state index contributed by atoms with van der Waals surface area (Å²) in [5, 5.41) is 3.15. The number of esters is 2. The second kappa shape index (κ2) is 8.70. The molecule has 0 aromatic heterocycles. The van der Waals surface area contributed by atoms with Gasteiger partial charge in [0.1, 0.15) is 0 Å². The summed E-state index contributed by atoms with van der Waals surface area (Å²) >= 11 is 0. The summed E-state index contributed by atoms with van der Waals surface area (Å²) in [5.41, 5.74) is 4.61. The van der Waals surface area contributed by atoms with Crippen molar-refractivity contribution in [1.29, 1.82) is 0 Å². The van der Waals surface area contributed by atoms with Crippen molar-refractivity contribution in [3.63, 3.8) is 0 Å². The highest BCUT2D eigenvalue weighted by Gasteiger charge is 2.36. The molecule has 1 aliphatic rings. The van der Waals surface area contributed by atoms with Gasteiger partial charge in [0.15, 0.2) is 0 Å². The molecule has 0 atom stereocenters. The molecule has 0 saturated carbocycles. The monoisotopic (exact) mass is 357 g/mol. The van der Waals surface area contributed by atoms with Crippen LogP contribution in [0.5, 0.6) is 0 Å². The van der Waals surface area contributed by atoms with Gasteiger partial charge in [-0.05, 0) is 52.2 Å². The predicted octanol–water partition coefficient (Wildman–Crippen LogP) is 3.43. The first-order chi connectivity index (χ1) is 12.4. The summed E-state index contributed by atoms with van der Waals surface area (Å²) in [6.07, 6.45) is 0.533. The highest BCUT2D eigenvalue weighted by atomic mass is 16.5. The molecule has 0 aliphatic carbocycles. The molecule has 5 nitrogen and oxygen atoms in total. The van der Waals surface area contributed by atoms with Crippen molar-refractivity contribution >= 4 is 11.9 Å². The maximum atomic E-state index is 12.6. The van der Waals surface area contributed by atoms with Gasteiger partial charge in [-0.2, -0.15) is 0 Å². The molecule has 0 radical (unpaired) electrons. The van der Waals surface area contributed by atoms with E-state index < -0.39 is 17.9 Å². The minimum atomic E-state index is -0.407. The number of carbonyl (C=O) groups excluding carboxylic acids is 2. The number of dihydropyridines is 1. The Morgan fingerprint density at radius 3 is 1.88 bits per heavy atom. The minimum absolute atomic E-state index is 0.282. The smallest absolute Gasteiger partial charge is 0.336 e. The average Bonchev–Trinajstić information content (AvgIpc) is 2.57. The zero-order chi connectivity index (χ0) is 19.3. The second-order valence-electron chi connectivity index (χ2n) is 6.33. The van der Waals surface area contributed by atoms with Gasteiger partial charge >= 0.3 is 11.9 Å². The van der Waals surface area contributed by atoms with Gasteiger partial charge in [-0.3, -0.25) is 0 Å². The summed E-state index contributed by atoms with van der Waals surface area (Å²) in [7, 11) is 0. The molecule has 1 aliphatic heterocycles. The summed E-state index contributed by atoms with van der Waals surface area (Å²) in [6.45, 7) is 9.80.